The van der Waals surface area contributed by atoms with E-state index in [9.17, 15) is 9.59 Å². The van der Waals surface area contributed by atoms with E-state index >= 15 is 0 Å². The van der Waals surface area contributed by atoms with Crippen molar-refractivity contribution in [2.24, 2.45) is 0 Å². The van der Waals surface area contributed by atoms with Crippen LogP contribution in [0.3, 0.4) is 0 Å². The van der Waals surface area contributed by atoms with E-state index in [4.69, 9.17) is 9.47 Å². The maximum absolute atomic E-state index is 11.4. The normalized spacial score (nSPS) is 11.7. The molecule has 0 N–H and O–H groups in total. The van der Waals surface area contributed by atoms with Crippen LogP contribution in [0.25, 0.3) is 0 Å². The van der Waals surface area contributed by atoms with Gasteiger partial charge in [0.1, 0.15) is 0 Å². The summed E-state index contributed by atoms with van der Waals surface area (Å²) < 4.78 is 10.6. The molecular formula is C26H26O4. The Hall–Kier alpha value is -3.50. The first-order valence-corrected chi connectivity index (χ1v) is 9.96. The minimum Gasteiger partial charge on any atom is -0.449 e. The first kappa shape index (κ1) is 22.8. The summed E-state index contributed by atoms with van der Waals surface area (Å²) in [6.45, 7) is 2.73. The van der Waals surface area contributed by atoms with Crippen molar-refractivity contribution in [1.29, 1.82) is 0 Å². The molecule has 0 radical (unpaired) electrons. The highest BCUT2D eigenvalue weighted by Crippen LogP contribution is 2.08. The van der Waals surface area contributed by atoms with Crippen molar-refractivity contribution < 1.29 is 19.1 Å². The van der Waals surface area contributed by atoms with Crippen LogP contribution in [0.1, 0.15) is 37.8 Å². The van der Waals surface area contributed by atoms with Crippen molar-refractivity contribution in [3.05, 3.63) is 71.8 Å². The Morgan fingerprint density at radius 1 is 0.700 bits per heavy atom. The highest BCUT2D eigenvalue weighted by Gasteiger charge is 2.10. The third-order valence-corrected chi connectivity index (χ3v) is 4.22. The zero-order valence-electron chi connectivity index (χ0n) is 17.4. The Bertz CT molecular complexity index is 847. The highest BCUT2D eigenvalue weighted by atomic mass is 16.5. The van der Waals surface area contributed by atoms with Crippen LogP contribution in [0.2, 0.25) is 0 Å². The fourth-order valence-electron chi connectivity index (χ4n) is 2.84. The van der Waals surface area contributed by atoms with Gasteiger partial charge in [0.25, 0.3) is 0 Å². The molecule has 0 aliphatic rings. The van der Waals surface area contributed by atoms with E-state index in [0.29, 0.717) is 12.8 Å². The molecule has 0 bridgehead atoms. The zero-order chi connectivity index (χ0) is 21.6. The van der Waals surface area contributed by atoms with Gasteiger partial charge in [-0.1, -0.05) is 60.7 Å². The monoisotopic (exact) mass is 402 g/mol. The van der Waals surface area contributed by atoms with Crippen molar-refractivity contribution in [3.8, 4) is 23.7 Å². The summed E-state index contributed by atoms with van der Waals surface area (Å²) in [6, 6.07) is 19.9. The summed E-state index contributed by atoms with van der Waals surface area (Å²) in [5, 5.41) is 0. The number of ether oxygens (including phenoxy) is 2. The van der Waals surface area contributed by atoms with Gasteiger partial charge in [-0.2, -0.15) is 0 Å². The molecule has 0 aliphatic carbocycles. The average Bonchev–Trinajstić information content (AvgIpc) is 2.73. The van der Waals surface area contributed by atoms with Crippen LogP contribution in [0.4, 0.5) is 0 Å². The molecule has 4 heteroatoms. The lowest BCUT2D eigenvalue weighted by atomic mass is 10.1. The van der Waals surface area contributed by atoms with Crippen molar-refractivity contribution in [1.82, 2.24) is 0 Å². The molecular weight excluding hydrogens is 376 g/mol. The number of benzene rings is 2. The minimum absolute atomic E-state index is 0.379. The van der Waals surface area contributed by atoms with Gasteiger partial charge in [0.15, 0.2) is 12.2 Å². The molecule has 30 heavy (non-hydrogen) atoms. The van der Waals surface area contributed by atoms with Gasteiger partial charge in [-0.15, -0.1) is 0 Å². The number of esters is 2. The Morgan fingerprint density at radius 2 is 1.07 bits per heavy atom. The molecule has 0 saturated heterocycles. The van der Waals surface area contributed by atoms with Gasteiger partial charge in [-0.3, -0.25) is 9.59 Å². The van der Waals surface area contributed by atoms with Crippen LogP contribution in [0.5, 0.6) is 0 Å². The number of carbonyl (C=O) groups excluding carboxylic acids is 2. The molecule has 0 heterocycles. The highest BCUT2D eigenvalue weighted by molar-refractivity contribution is 5.67. The van der Waals surface area contributed by atoms with Crippen molar-refractivity contribution in [2.45, 2.75) is 51.7 Å². The van der Waals surface area contributed by atoms with Gasteiger partial charge in [0.05, 0.1) is 0 Å². The van der Waals surface area contributed by atoms with E-state index in [1.54, 1.807) is 0 Å². The molecule has 2 rings (SSSR count). The van der Waals surface area contributed by atoms with Crippen LogP contribution in [0.15, 0.2) is 60.7 Å². The van der Waals surface area contributed by atoms with E-state index in [1.165, 1.54) is 13.8 Å². The summed E-state index contributed by atoms with van der Waals surface area (Å²) in [4.78, 5) is 22.7. The third kappa shape index (κ3) is 9.62. The SMILES string of the molecule is CC(=O)OC(C#CC#CC(CCc1ccccc1)OC(C)=O)CCc1ccccc1. The zero-order valence-corrected chi connectivity index (χ0v) is 17.4. The van der Waals surface area contributed by atoms with Gasteiger partial charge in [-0.25, -0.2) is 0 Å². The number of carbonyl (C=O) groups is 2. The van der Waals surface area contributed by atoms with Gasteiger partial charge in [0, 0.05) is 13.8 Å². The van der Waals surface area contributed by atoms with Crippen molar-refractivity contribution in [2.75, 3.05) is 0 Å². The first-order valence-electron chi connectivity index (χ1n) is 9.96. The van der Waals surface area contributed by atoms with Gasteiger partial charge in [0.2, 0.25) is 0 Å². The van der Waals surface area contributed by atoms with Gasteiger partial charge < -0.3 is 9.47 Å². The number of rotatable bonds is 8. The molecule has 0 aliphatic heterocycles. The second-order valence-electron chi connectivity index (χ2n) is 6.78. The standard InChI is InChI=1S/C26H26O4/c1-21(27)29-25(19-17-23-11-5-3-6-12-23)15-9-10-16-26(30-22(2)28)20-18-24-13-7-4-8-14-24/h3-8,11-14,25-26H,17-20H2,1-2H3. The van der Waals surface area contributed by atoms with Crippen molar-refractivity contribution in [3.63, 3.8) is 0 Å². The van der Waals surface area contributed by atoms with Crippen LogP contribution in [-0.4, -0.2) is 24.1 Å². The Morgan fingerprint density at radius 3 is 1.40 bits per heavy atom. The summed E-state index contributed by atoms with van der Waals surface area (Å²) in [6.07, 6.45) is 1.59. The minimum atomic E-state index is -0.534. The molecule has 0 saturated carbocycles. The molecule has 0 amide bonds. The summed E-state index contributed by atoms with van der Waals surface area (Å²) in [5.74, 6) is 10.5. The van der Waals surface area contributed by atoms with E-state index in [1.807, 2.05) is 60.7 Å². The van der Waals surface area contributed by atoms with E-state index in [0.717, 1.165) is 24.0 Å². The molecule has 0 spiro atoms. The first-order chi connectivity index (χ1) is 14.5. The fourth-order valence-corrected chi connectivity index (χ4v) is 2.84. The second kappa shape index (κ2) is 12.9. The second-order valence-corrected chi connectivity index (χ2v) is 6.78. The molecule has 2 unspecified atom stereocenters. The predicted octanol–water partition coefficient (Wildman–Crippen LogP) is 4.12. The molecule has 2 aromatic carbocycles. The van der Waals surface area contributed by atoms with Crippen LogP contribution >= 0.6 is 0 Å². The number of aryl methyl sites for hydroxylation is 2. The Kier molecular flexibility index (Phi) is 9.77. The van der Waals surface area contributed by atoms with E-state index in [-0.39, 0.29) is 11.9 Å². The smallest absolute Gasteiger partial charge is 0.303 e. The van der Waals surface area contributed by atoms with E-state index < -0.39 is 12.2 Å². The molecule has 0 fully saturated rings. The summed E-state index contributed by atoms with van der Waals surface area (Å²) in [7, 11) is 0. The molecule has 4 nitrogen and oxygen atoms in total. The Labute approximate surface area is 178 Å². The summed E-state index contributed by atoms with van der Waals surface area (Å²) in [5.41, 5.74) is 2.30. The Balaban J connectivity index is 1.98. The van der Waals surface area contributed by atoms with E-state index in [2.05, 4.69) is 23.7 Å². The molecule has 0 aromatic heterocycles. The van der Waals surface area contributed by atoms with Gasteiger partial charge >= 0.3 is 11.9 Å². The fraction of sp³-hybridized carbons (Fsp3) is 0.308. The lowest BCUT2D eigenvalue weighted by molar-refractivity contribution is -0.144. The topological polar surface area (TPSA) is 52.6 Å². The average molecular weight is 402 g/mol. The van der Waals surface area contributed by atoms with Crippen LogP contribution < -0.4 is 0 Å². The lowest BCUT2D eigenvalue weighted by Gasteiger charge is -2.11. The largest absolute Gasteiger partial charge is 0.449 e. The molecule has 2 aromatic rings. The molecule has 154 valence electrons. The van der Waals surface area contributed by atoms with Crippen molar-refractivity contribution >= 4 is 11.9 Å². The predicted molar refractivity (Wildman–Crippen MR) is 116 cm³/mol. The summed E-state index contributed by atoms with van der Waals surface area (Å²) >= 11 is 0. The number of hydrogen-bond acceptors (Lipinski definition) is 4. The maximum Gasteiger partial charge on any atom is 0.303 e. The van der Waals surface area contributed by atoms with Crippen LogP contribution in [0, 0.1) is 23.7 Å². The molecule has 2 atom stereocenters. The third-order valence-electron chi connectivity index (χ3n) is 4.22. The maximum atomic E-state index is 11.4. The quantitative estimate of drug-likeness (QED) is 0.492. The van der Waals surface area contributed by atoms with Crippen LogP contribution in [-0.2, 0) is 31.9 Å². The lowest BCUT2D eigenvalue weighted by Crippen LogP contribution is -2.15. The van der Waals surface area contributed by atoms with Gasteiger partial charge in [-0.05, 0) is 60.5 Å². The number of hydrogen-bond donors (Lipinski definition) is 0.